The fourth-order valence-electron chi connectivity index (χ4n) is 3.06. The quantitative estimate of drug-likeness (QED) is 0.652. The molecule has 1 aliphatic rings. The van der Waals surface area contributed by atoms with Gasteiger partial charge in [0.1, 0.15) is 11.7 Å². The van der Waals surface area contributed by atoms with Crippen LogP contribution in [-0.4, -0.2) is 35.3 Å². The van der Waals surface area contributed by atoms with Crippen LogP contribution in [0.2, 0.25) is 0 Å². The van der Waals surface area contributed by atoms with Crippen LogP contribution in [0.25, 0.3) is 5.57 Å². The maximum absolute atomic E-state index is 13.3. The molecule has 6 nitrogen and oxygen atoms in total. The molecule has 1 atom stereocenters. The number of esters is 1. The van der Waals surface area contributed by atoms with Gasteiger partial charge in [-0.15, -0.1) is 0 Å². The summed E-state index contributed by atoms with van der Waals surface area (Å²) in [5.41, 5.74) is 4.45. The molecule has 6 heteroatoms. The number of Topliss-reactive ketones (excluding diaryl/α,β-unsaturated/α-hetero) is 1. The van der Waals surface area contributed by atoms with E-state index >= 15 is 0 Å². The summed E-state index contributed by atoms with van der Waals surface area (Å²) < 4.78 is 5.13. The summed E-state index contributed by atoms with van der Waals surface area (Å²) in [5, 5.41) is 1.18. The van der Waals surface area contributed by atoms with Gasteiger partial charge < -0.3 is 4.74 Å². The first kappa shape index (κ1) is 18.4. The lowest BCUT2D eigenvalue weighted by atomic mass is 9.91. The number of hydrogen-bond donors (Lipinski definition) is 1. The summed E-state index contributed by atoms with van der Waals surface area (Å²) in [6, 6.07) is 16.8. The van der Waals surface area contributed by atoms with Gasteiger partial charge in [-0.25, -0.2) is 9.80 Å². The lowest BCUT2D eigenvalue weighted by Crippen LogP contribution is -2.47. The van der Waals surface area contributed by atoms with E-state index in [-0.39, 0.29) is 24.0 Å². The van der Waals surface area contributed by atoms with Gasteiger partial charge in [-0.05, 0) is 12.5 Å². The van der Waals surface area contributed by atoms with Gasteiger partial charge in [0, 0.05) is 18.1 Å². The highest BCUT2D eigenvalue weighted by Gasteiger charge is 2.43. The molecule has 0 spiro atoms. The number of amides is 1. The maximum atomic E-state index is 13.3. The summed E-state index contributed by atoms with van der Waals surface area (Å²) in [4.78, 5) is 38.0. The molecule has 3 rings (SSSR count). The number of carbonyl (C=O) groups is 3. The number of ketones is 1. The second-order valence-electron chi connectivity index (χ2n) is 6.01. The first-order chi connectivity index (χ1) is 13.0. The van der Waals surface area contributed by atoms with E-state index in [2.05, 4.69) is 5.43 Å². The topological polar surface area (TPSA) is 75.7 Å². The molecule has 0 saturated carbocycles. The van der Waals surface area contributed by atoms with Crippen molar-refractivity contribution in [3.8, 4) is 0 Å². The SMILES string of the molecule is CCOC(=O)C1=C(c2ccccc2)[C@@H](C(=O)c2ccccc2)N(C(C)=O)N1. The lowest BCUT2D eigenvalue weighted by molar-refractivity contribution is -0.139. The normalized spacial score (nSPS) is 16.1. The van der Waals surface area contributed by atoms with Crippen LogP contribution in [0.4, 0.5) is 0 Å². The predicted molar refractivity (Wildman–Crippen MR) is 100 cm³/mol. The third kappa shape index (κ3) is 3.60. The van der Waals surface area contributed by atoms with E-state index in [9.17, 15) is 14.4 Å². The Balaban J connectivity index is 2.16. The van der Waals surface area contributed by atoms with Crippen LogP contribution in [0.15, 0.2) is 66.4 Å². The third-order valence-electron chi connectivity index (χ3n) is 4.24. The molecule has 27 heavy (non-hydrogen) atoms. The van der Waals surface area contributed by atoms with E-state index in [0.29, 0.717) is 16.7 Å². The van der Waals surface area contributed by atoms with Gasteiger partial charge in [-0.2, -0.15) is 0 Å². The number of nitrogens with zero attached hydrogens (tertiary/aromatic N) is 1. The van der Waals surface area contributed by atoms with Crippen molar-refractivity contribution in [2.45, 2.75) is 19.9 Å². The zero-order chi connectivity index (χ0) is 19.4. The Hall–Kier alpha value is -3.41. The molecule has 0 unspecified atom stereocenters. The summed E-state index contributed by atoms with van der Waals surface area (Å²) >= 11 is 0. The van der Waals surface area contributed by atoms with E-state index < -0.39 is 12.0 Å². The molecule has 0 saturated heterocycles. The zero-order valence-electron chi connectivity index (χ0n) is 15.1. The fraction of sp³-hybridized carbons (Fsp3) is 0.190. The van der Waals surface area contributed by atoms with Crippen molar-refractivity contribution in [3.63, 3.8) is 0 Å². The van der Waals surface area contributed by atoms with E-state index in [1.54, 1.807) is 43.3 Å². The number of carbonyl (C=O) groups excluding carboxylic acids is 3. The molecule has 1 heterocycles. The Labute approximate surface area is 157 Å². The van der Waals surface area contributed by atoms with Crippen molar-refractivity contribution in [2.24, 2.45) is 0 Å². The molecule has 1 N–H and O–H groups in total. The average molecular weight is 364 g/mol. The van der Waals surface area contributed by atoms with E-state index in [1.807, 2.05) is 24.3 Å². The number of nitrogens with one attached hydrogen (secondary N) is 1. The molecule has 0 radical (unpaired) electrons. The molecule has 1 aliphatic heterocycles. The van der Waals surface area contributed by atoms with E-state index in [1.165, 1.54) is 11.9 Å². The molecular weight excluding hydrogens is 344 g/mol. The minimum absolute atomic E-state index is 0.104. The van der Waals surface area contributed by atoms with Gasteiger partial charge in [-0.3, -0.25) is 15.0 Å². The second kappa shape index (κ2) is 7.86. The zero-order valence-corrected chi connectivity index (χ0v) is 15.1. The molecule has 1 amide bonds. The number of rotatable bonds is 5. The number of ether oxygens (including phenoxy) is 1. The highest BCUT2D eigenvalue weighted by Crippen LogP contribution is 2.33. The summed E-state index contributed by atoms with van der Waals surface area (Å²) in [5.74, 6) is -1.26. The van der Waals surface area contributed by atoms with Gasteiger partial charge in [-0.1, -0.05) is 60.7 Å². The van der Waals surface area contributed by atoms with Crippen LogP contribution < -0.4 is 5.43 Å². The standard InChI is InChI=1S/C21H20N2O4/c1-3-27-21(26)18-17(15-10-6-4-7-11-15)19(23(22-18)14(2)24)20(25)16-12-8-5-9-13-16/h4-13,19,22H,3H2,1-2H3/t19-/m0/s1. The molecule has 2 aromatic carbocycles. The van der Waals surface area contributed by atoms with Crippen LogP contribution >= 0.6 is 0 Å². The van der Waals surface area contributed by atoms with Crippen molar-refractivity contribution in [3.05, 3.63) is 77.5 Å². The van der Waals surface area contributed by atoms with E-state index in [0.717, 1.165) is 0 Å². The molecule has 2 aromatic rings. The highest BCUT2D eigenvalue weighted by molar-refractivity contribution is 6.14. The monoisotopic (exact) mass is 364 g/mol. The molecule has 0 aromatic heterocycles. The van der Waals surface area contributed by atoms with Crippen LogP contribution in [0.1, 0.15) is 29.8 Å². The van der Waals surface area contributed by atoms with Gasteiger partial charge in [0.25, 0.3) is 0 Å². The van der Waals surface area contributed by atoms with Crippen molar-refractivity contribution < 1.29 is 19.1 Å². The van der Waals surface area contributed by atoms with E-state index in [4.69, 9.17) is 4.74 Å². The predicted octanol–water partition coefficient (Wildman–Crippen LogP) is 2.58. The van der Waals surface area contributed by atoms with Gasteiger partial charge in [0.15, 0.2) is 5.78 Å². The first-order valence-corrected chi connectivity index (χ1v) is 8.67. The molecule has 138 valence electrons. The first-order valence-electron chi connectivity index (χ1n) is 8.67. The summed E-state index contributed by atoms with van der Waals surface area (Å²) in [7, 11) is 0. The summed E-state index contributed by atoms with van der Waals surface area (Å²) in [6.45, 7) is 3.23. The Morgan fingerprint density at radius 2 is 1.59 bits per heavy atom. The number of hydrazine groups is 1. The number of hydrogen-bond acceptors (Lipinski definition) is 5. The van der Waals surface area contributed by atoms with Crippen LogP contribution in [-0.2, 0) is 14.3 Å². The maximum Gasteiger partial charge on any atom is 0.356 e. The Morgan fingerprint density at radius 1 is 1.00 bits per heavy atom. The Bertz CT molecular complexity index is 891. The fourth-order valence-corrected chi connectivity index (χ4v) is 3.06. The smallest absolute Gasteiger partial charge is 0.356 e. The van der Waals surface area contributed by atoms with Crippen LogP contribution in [0.3, 0.4) is 0 Å². The largest absolute Gasteiger partial charge is 0.461 e. The molecule has 0 bridgehead atoms. The molecule has 0 fully saturated rings. The van der Waals surface area contributed by atoms with Gasteiger partial charge in [0.05, 0.1) is 6.61 Å². The third-order valence-corrected chi connectivity index (χ3v) is 4.24. The lowest BCUT2D eigenvalue weighted by Gasteiger charge is -2.24. The summed E-state index contributed by atoms with van der Waals surface area (Å²) in [6.07, 6.45) is 0. The van der Waals surface area contributed by atoms with Crippen molar-refractivity contribution in [1.29, 1.82) is 0 Å². The highest BCUT2D eigenvalue weighted by atomic mass is 16.5. The van der Waals surface area contributed by atoms with Crippen LogP contribution in [0, 0.1) is 0 Å². The molecular formula is C21H20N2O4. The van der Waals surface area contributed by atoms with Crippen molar-refractivity contribution >= 4 is 23.2 Å². The second-order valence-corrected chi connectivity index (χ2v) is 6.01. The average Bonchev–Trinajstić information content (AvgIpc) is 3.10. The Kier molecular flexibility index (Phi) is 5.35. The minimum atomic E-state index is -0.966. The van der Waals surface area contributed by atoms with Crippen molar-refractivity contribution in [2.75, 3.05) is 6.61 Å². The van der Waals surface area contributed by atoms with Gasteiger partial charge >= 0.3 is 5.97 Å². The van der Waals surface area contributed by atoms with Crippen molar-refractivity contribution in [1.82, 2.24) is 10.4 Å². The minimum Gasteiger partial charge on any atom is -0.461 e. The molecule has 0 aliphatic carbocycles. The van der Waals surface area contributed by atoms with Gasteiger partial charge in [0.2, 0.25) is 5.91 Å². The Morgan fingerprint density at radius 3 is 2.15 bits per heavy atom. The number of benzene rings is 2. The van der Waals surface area contributed by atoms with Crippen LogP contribution in [0.5, 0.6) is 0 Å².